The first-order valence-corrected chi connectivity index (χ1v) is 9.10. The summed E-state index contributed by atoms with van der Waals surface area (Å²) < 4.78 is 11.1. The molecule has 134 valence electrons. The zero-order valence-corrected chi connectivity index (χ0v) is 14.6. The Balaban J connectivity index is 1.39. The van der Waals surface area contributed by atoms with Crippen molar-refractivity contribution >= 4 is 17.0 Å². The number of benzene rings is 2. The lowest BCUT2D eigenvalue weighted by atomic mass is 10.1. The van der Waals surface area contributed by atoms with Crippen LogP contribution in [0.5, 0.6) is 0 Å². The second-order valence-corrected chi connectivity index (χ2v) is 6.66. The quantitative estimate of drug-likeness (QED) is 0.739. The van der Waals surface area contributed by atoms with E-state index in [2.05, 4.69) is 34.6 Å². The summed E-state index contributed by atoms with van der Waals surface area (Å²) >= 11 is 0. The van der Waals surface area contributed by atoms with Gasteiger partial charge in [-0.1, -0.05) is 30.3 Å². The summed E-state index contributed by atoms with van der Waals surface area (Å²) in [5.41, 5.74) is 3.38. The Morgan fingerprint density at radius 2 is 2.04 bits per heavy atom. The van der Waals surface area contributed by atoms with Crippen molar-refractivity contribution < 1.29 is 13.9 Å². The van der Waals surface area contributed by atoms with Gasteiger partial charge in [0.1, 0.15) is 5.52 Å². The number of amides is 1. The van der Waals surface area contributed by atoms with Crippen molar-refractivity contribution in [2.75, 3.05) is 13.2 Å². The van der Waals surface area contributed by atoms with Crippen LogP contribution in [0.4, 0.5) is 0 Å². The molecule has 3 aromatic rings. The van der Waals surface area contributed by atoms with E-state index in [1.165, 1.54) is 5.56 Å². The molecule has 0 radical (unpaired) electrons. The number of fused-ring (bicyclic) bond motifs is 1. The fourth-order valence-electron chi connectivity index (χ4n) is 3.23. The normalized spacial score (nSPS) is 16.8. The molecule has 5 nitrogen and oxygen atoms in total. The number of nitrogens with zero attached hydrogens (tertiary/aromatic N) is 1. The van der Waals surface area contributed by atoms with Gasteiger partial charge >= 0.3 is 0 Å². The van der Waals surface area contributed by atoms with Gasteiger partial charge in [-0.25, -0.2) is 4.98 Å². The Labute approximate surface area is 152 Å². The molecule has 1 saturated heterocycles. The van der Waals surface area contributed by atoms with Crippen LogP contribution >= 0.6 is 0 Å². The molecular weight excluding hydrogens is 328 g/mol. The molecule has 0 bridgehead atoms. The third-order valence-corrected chi connectivity index (χ3v) is 4.66. The van der Waals surface area contributed by atoms with E-state index in [0.717, 1.165) is 42.7 Å². The number of nitrogens with one attached hydrogen (secondary N) is 1. The van der Waals surface area contributed by atoms with Crippen LogP contribution in [-0.2, 0) is 17.6 Å². The first kappa shape index (κ1) is 16.8. The van der Waals surface area contributed by atoms with Gasteiger partial charge in [-0.05, 0) is 43.0 Å². The molecular formula is C21H22N2O3. The highest BCUT2D eigenvalue weighted by Gasteiger charge is 2.19. The number of hydrogen-bond acceptors (Lipinski definition) is 4. The Morgan fingerprint density at radius 3 is 2.85 bits per heavy atom. The number of rotatable bonds is 6. The van der Waals surface area contributed by atoms with Crippen LogP contribution in [0.3, 0.4) is 0 Å². The molecule has 26 heavy (non-hydrogen) atoms. The Kier molecular flexibility index (Phi) is 4.97. The van der Waals surface area contributed by atoms with E-state index in [-0.39, 0.29) is 11.9 Å². The molecule has 2 aromatic carbocycles. The maximum Gasteiger partial charge on any atom is 0.251 e. The van der Waals surface area contributed by atoms with E-state index in [1.54, 1.807) is 12.1 Å². The molecule has 1 N–H and O–H groups in total. The lowest BCUT2D eigenvalue weighted by Crippen LogP contribution is -2.34. The highest BCUT2D eigenvalue weighted by Crippen LogP contribution is 2.19. The maximum atomic E-state index is 12.4. The van der Waals surface area contributed by atoms with Gasteiger partial charge in [0.2, 0.25) is 0 Å². The summed E-state index contributed by atoms with van der Waals surface area (Å²) in [6.45, 7) is 1.29. The Hall–Kier alpha value is -2.66. The van der Waals surface area contributed by atoms with Crippen LogP contribution in [0, 0.1) is 0 Å². The van der Waals surface area contributed by atoms with Crippen molar-refractivity contribution in [2.45, 2.75) is 31.7 Å². The van der Waals surface area contributed by atoms with E-state index >= 15 is 0 Å². The van der Waals surface area contributed by atoms with Gasteiger partial charge in [-0.15, -0.1) is 0 Å². The molecule has 1 aromatic heterocycles. The minimum atomic E-state index is -0.0870. The topological polar surface area (TPSA) is 64.4 Å². The van der Waals surface area contributed by atoms with Gasteiger partial charge in [0.15, 0.2) is 11.5 Å². The lowest BCUT2D eigenvalue weighted by Gasteiger charge is -2.10. The highest BCUT2D eigenvalue weighted by molar-refractivity contribution is 5.97. The molecule has 1 aliphatic heterocycles. The monoisotopic (exact) mass is 350 g/mol. The first-order valence-electron chi connectivity index (χ1n) is 9.10. The number of aryl methyl sites for hydroxylation is 2. The second-order valence-electron chi connectivity index (χ2n) is 6.66. The van der Waals surface area contributed by atoms with Gasteiger partial charge in [0, 0.05) is 18.6 Å². The van der Waals surface area contributed by atoms with E-state index < -0.39 is 0 Å². The molecule has 1 unspecified atom stereocenters. The molecule has 5 heteroatoms. The second kappa shape index (κ2) is 7.70. The maximum absolute atomic E-state index is 12.4. The van der Waals surface area contributed by atoms with Crippen molar-refractivity contribution in [3.05, 3.63) is 65.5 Å². The molecule has 0 saturated carbocycles. The molecule has 1 fully saturated rings. The summed E-state index contributed by atoms with van der Waals surface area (Å²) in [5.74, 6) is 0.633. The molecule has 1 aliphatic rings. The van der Waals surface area contributed by atoms with Crippen LogP contribution in [-0.4, -0.2) is 30.1 Å². The fraction of sp³-hybridized carbons (Fsp3) is 0.333. The van der Waals surface area contributed by atoms with Crippen LogP contribution < -0.4 is 5.32 Å². The Bertz CT molecular complexity index is 883. The van der Waals surface area contributed by atoms with Crippen LogP contribution in [0.2, 0.25) is 0 Å². The van der Waals surface area contributed by atoms with E-state index in [1.807, 2.05) is 12.1 Å². The molecule has 0 aliphatic carbocycles. The van der Waals surface area contributed by atoms with Crippen molar-refractivity contribution in [3.8, 4) is 0 Å². The number of hydrogen-bond donors (Lipinski definition) is 1. The van der Waals surface area contributed by atoms with Gasteiger partial charge in [-0.2, -0.15) is 0 Å². The average molecular weight is 350 g/mol. The minimum Gasteiger partial charge on any atom is -0.441 e. The standard InChI is InChI=1S/C21H22N2O3/c24-21(22-17-11-12-25-14-17)16-9-10-19-18(13-16)23-20(26-19)8-4-7-15-5-2-1-3-6-15/h1-3,5-6,9-10,13,17H,4,7-8,11-12,14H2,(H,22,24). The summed E-state index contributed by atoms with van der Waals surface area (Å²) in [6.07, 6.45) is 3.62. The van der Waals surface area contributed by atoms with Crippen LogP contribution in [0.15, 0.2) is 52.9 Å². The third kappa shape index (κ3) is 3.94. The highest BCUT2D eigenvalue weighted by atomic mass is 16.5. The van der Waals surface area contributed by atoms with Crippen molar-refractivity contribution in [1.82, 2.24) is 10.3 Å². The number of carbonyl (C=O) groups is 1. The molecule has 1 amide bonds. The third-order valence-electron chi connectivity index (χ3n) is 4.66. The molecule has 2 heterocycles. The SMILES string of the molecule is O=C(NC1CCOC1)c1ccc2oc(CCCc3ccccc3)nc2c1. The predicted molar refractivity (Wildman–Crippen MR) is 99.2 cm³/mol. The summed E-state index contributed by atoms with van der Waals surface area (Å²) in [7, 11) is 0. The number of ether oxygens (including phenoxy) is 1. The number of oxazole rings is 1. The zero-order chi connectivity index (χ0) is 17.8. The largest absolute Gasteiger partial charge is 0.441 e. The molecule has 4 rings (SSSR count). The molecule has 1 atom stereocenters. The zero-order valence-electron chi connectivity index (χ0n) is 14.6. The van der Waals surface area contributed by atoms with Gasteiger partial charge in [-0.3, -0.25) is 4.79 Å². The molecule has 0 spiro atoms. The van der Waals surface area contributed by atoms with Crippen molar-refractivity contribution in [3.63, 3.8) is 0 Å². The van der Waals surface area contributed by atoms with E-state index in [4.69, 9.17) is 9.15 Å². The van der Waals surface area contributed by atoms with Crippen LogP contribution in [0.25, 0.3) is 11.1 Å². The van der Waals surface area contributed by atoms with E-state index in [9.17, 15) is 4.79 Å². The average Bonchev–Trinajstić information content (AvgIpc) is 3.31. The summed E-state index contributed by atoms with van der Waals surface area (Å²) in [5, 5.41) is 3.00. The van der Waals surface area contributed by atoms with Crippen molar-refractivity contribution in [2.24, 2.45) is 0 Å². The summed E-state index contributed by atoms with van der Waals surface area (Å²) in [4.78, 5) is 16.9. The Morgan fingerprint density at radius 1 is 1.15 bits per heavy atom. The number of aromatic nitrogens is 1. The predicted octanol–water partition coefficient (Wildman–Crippen LogP) is 3.52. The first-order chi connectivity index (χ1) is 12.8. The minimum absolute atomic E-state index is 0.0870. The van der Waals surface area contributed by atoms with Crippen molar-refractivity contribution in [1.29, 1.82) is 0 Å². The fourth-order valence-corrected chi connectivity index (χ4v) is 3.23. The smallest absolute Gasteiger partial charge is 0.251 e. The summed E-state index contributed by atoms with van der Waals surface area (Å²) in [6, 6.07) is 15.9. The number of carbonyl (C=O) groups excluding carboxylic acids is 1. The van der Waals surface area contributed by atoms with Gasteiger partial charge in [0.05, 0.1) is 12.6 Å². The van der Waals surface area contributed by atoms with Gasteiger partial charge in [0.25, 0.3) is 5.91 Å². The van der Waals surface area contributed by atoms with E-state index in [0.29, 0.717) is 18.8 Å². The van der Waals surface area contributed by atoms with Gasteiger partial charge < -0.3 is 14.5 Å². The lowest BCUT2D eigenvalue weighted by molar-refractivity contribution is 0.0930. The van der Waals surface area contributed by atoms with Crippen LogP contribution in [0.1, 0.15) is 34.7 Å².